The van der Waals surface area contributed by atoms with Crippen molar-refractivity contribution in [3.63, 3.8) is 0 Å². The van der Waals surface area contributed by atoms with Crippen LogP contribution < -0.4 is 10.1 Å². The summed E-state index contributed by atoms with van der Waals surface area (Å²) in [5, 5.41) is 2.71. The summed E-state index contributed by atoms with van der Waals surface area (Å²) in [7, 11) is 0. The van der Waals surface area contributed by atoms with Crippen LogP contribution in [0.2, 0.25) is 0 Å². The van der Waals surface area contributed by atoms with Gasteiger partial charge in [0.1, 0.15) is 12.4 Å². The number of hydrogen-bond acceptors (Lipinski definition) is 10. The predicted molar refractivity (Wildman–Crippen MR) is 148 cm³/mol. The van der Waals surface area contributed by atoms with E-state index in [2.05, 4.69) is 12.2 Å². The van der Waals surface area contributed by atoms with Gasteiger partial charge in [-0.2, -0.15) is 0 Å². The van der Waals surface area contributed by atoms with Gasteiger partial charge in [-0.05, 0) is 30.7 Å². The molecule has 0 aliphatic rings. The van der Waals surface area contributed by atoms with Crippen LogP contribution in [-0.2, 0) is 42.7 Å². The standard InChI is InChI=1S/C28H49NO10/c1-3-4-9-31-10-11-32-12-13-33-14-15-34-16-17-35-18-19-36-20-21-37-22-23-38-24-25-39-28-7-5-27(6-8-28)29-26(2)30/h5-8H,3-4,9-25H2,1-2H3,(H,29,30). The lowest BCUT2D eigenvalue weighted by atomic mass is 10.3. The molecule has 0 aliphatic heterocycles. The van der Waals surface area contributed by atoms with Gasteiger partial charge in [0.05, 0.1) is 99.1 Å². The minimum Gasteiger partial charge on any atom is -0.491 e. The summed E-state index contributed by atoms with van der Waals surface area (Å²) in [4.78, 5) is 11.0. The summed E-state index contributed by atoms with van der Waals surface area (Å²) in [6.07, 6.45) is 2.24. The van der Waals surface area contributed by atoms with E-state index >= 15 is 0 Å². The van der Waals surface area contributed by atoms with Crippen LogP contribution >= 0.6 is 0 Å². The van der Waals surface area contributed by atoms with E-state index in [1.54, 1.807) is 24.3 Å². The second-order valence-corrected chi connectivity index (χ2v) is 8.31. The Kier molecular flexibility index (Phi) is 25.0. The largest absolute Gasteiger partial charge is 0.491 e. The molecular formula is C28H49NO10. The molecule has 11 heteroatoms. The van der Waals surface area contributed by atoms with Crippen molar-refractivity contribution < 1.29 is 47.4 Å². The number of ether oxygens (including phenoxy) is 9. The molecule has 0 atom stereocenters. The van der Waals surface area contributed by atoms with Gasteiger partial charge in [-0.15, -0.1) is 0 Å². The number of rotatable bonds is 29. The number of carbonyl (C=O) groups is 1. The number of carbonyl (C=O) groups excluding carboxylic acids is 1. The number of amides is 1. The van der Waals surface area contributed by atoms with Crippen LogP contribution in [0, 0.1) is 0 Å². The highest BCUT2D eigenvalue weighted by Gasteiger charge is 1.98. The van der Waals surface area contributed by atoms with Gasteiger partial charge in [0.15, 0.2) is 0 Å². The van der Waals surface area contributed by atoms with Crippen LogP contribution in [-0.4, -0.2) is 118 Å². The van der Waals surface area contributed by atoms with Crippen molar-refractivity contribution in [3.8, 4) is 5.75 Å². The topological polar surface area (TPSA) is 112 Å². The van der Waals surface area contributed by atoms with Gasteiger partial charge < -0.3 is 47.9 Å². The maximum Gasteiger partial charge on any atom is 0.221 e. The highest BCUT2D eigenvalue weighted by molar-refractivity contribution is 5.88. The van der Waals surface area contributed by atoms with E-state index in [1.165, 1.54) is 6.92 Å². The van der Waals surface area contributed by atoms with E-state index < -0.39 is 0 Å². The van der Waals surface area contributed by atoms with Crippen molar-refractivity contribution in [3.05, 3.63) is 24.3 Å². The minimum atomic E-state index is -0.104. The fraction of sp³-hybridized carbons (Fsp3) is 0.750. The molecule has 0 bridgehead atoms. The first-order valence-corrected chi connectivity index (χ1v) is 13.8. The Hall–Kier alpha value is -1.83. The molecule has 0 spiro atoms. The van der Waals surface area contributed by atoms with E-state index in [0.717, 1.165) is 30.9 Å². The molecule has 0 heterocycles. The summed E-state index contributed by atoms with van der Waals surface area (Å²) in [6, 6.07) is 7.19. The zero-order valence-electron chi connectivity index (χ0n) is 23.8. The number of anilines is 1. The SMILES string of the molecule is CCCCOCCOCCOCCOCCOCCOCCOCCOCCOc1ccc(NC(C)=O)cc1. The highest BCUT2D eigenvalue weighted by Crippen LogP contribution is 2.15. The van der Waals surface area contributed by atoms with Crippen molar-refractivity contribution in [2.75, 3.05) is 118 Å². The lowest BCUT2D eigenvalue weighted by Crippen LogP contribution is -2.15. The van der Waals surface area contributed by atoms with Crippen LogP contribution in [0.25, 0.3) is 0 Å². The summed E-state index contributed by atoms with van der Waals surface area (Å²) in [6.45, 7) is 12.8. The minimum absolute atomic E-state index is 0.104. The Bertz CT molecular complexity index is 662. The number of nitrogens with one attached hydrogen (secondary N) is 1. The van der Waals surface area contributed by atoms with Crippen molar-refractivity contribution >= 4 is 11.6 Å². The quantitative estimate of drug-likeness (QED) is 0.147. The zero-order valence-corrected chi connectivity index (χ0v) is 23.8. The third-order valence-corrected chi connectivity index (χ3v) is 4.92. The first-order chi connectivity index (χ1) is 19.2. The summed E-state index contributed by atoms with van der Waals surface area (Å²) >= 11 is 0. The van der Waals surface area contributed by atoms with Crippen LogP contribution in [0.1, 0.15) is 26.7 Å². The molecule has 1 amide bonds. The Morgan fingerprint density at radius 2 is 0.872 bits per heavy atom. The lowest BCUT2D eigenvalue weighted by Gasteiger charge is -2.09. The predicted octanol–water partition coefficient (Wildman–Crippen LogP) is 2.96. The second kappa shape index (κ2) is 27.7. The van der Waals surface area contributed by atoms with Gasteiger partial charge in [0, 0.05) is 19.2 Å². The normalized spacial score (nSPS) is 11.1. The first kappa shape index (κ1) is 35.2. The molecule has 1 N–H and O–H groups in total. The van der Waals surface area contributed by atoms with E-state index in [4.69, 9.17) is 42.6 Å². The summed E-state index contributed by atoms with van der Waals surface area (Å²) in [5.41, 5.74) is 0.736. The molecule has 1 aromatic rings. The molecule has 39 heavy (non-hydrogen) atoms. The Labute approximate surface area is 233 Å². The van der Waals surface area contributed by atoms with E-state index in [-0.39, 0.29) is 5.91 Å². The Morgan fingerprint density at radius 3 is 1.21 bits per heavy atom. The third kappa shape index (κ3) is 24.9. The lowest BCUT2D eigenvalue weighted by molar-refractivity contribution is -0.114. The molecule has 0 aliphatic carbocycles. The van der Waals surface area contributed by atoms with Crippen LogP contribution in [0.3, 0.4) is 0 Å². The second-order valence-electron chi connectivity index (χ2n) is 8.31. The maximum atomic E-state index is 11.0. The number of hydrogen-bond donors (Lipinski definition) is 1. The van der Waals surface area contributed by atoms with Gasteiger partial charge >= 0.3 is 0 Å². The maximum absolute atomic E-state index is 11.0. The van der Waals surface area contributed by atoms with Crippen molar-refractivity contribution in [1.82, 2.24) is 0 Å². The van der Waals surface area contributed by atoms with Crippen molar-refractivity contribution in [2.45, 2.75) is 26.7 Å². The fourth-order valence-corrected chi connectivity index (χ4v) is 2.94. The van der Waals surface area contributed by atoms with Crippen molar-refractivity contribution in [2.24, 2.45) is 0 Å². The third-order valence-electron chi connectivity index (χ3n) is 4.92. The molecule has 0 saturated carbocycles. The molecule has 0 aromatic heterocycles. The molecule has 0 fully saturated rings. The van der Waals surface area contributed by atoms with Crippen LogP contribution in [0.4, 0.5) is 5.69 Å². The van der Waals surface area contributed by atoms with Gasteiger partial charge in [0.2, 0.25) is 5.91 Å². The summed E-state index contributed by atoms with van der Waals surface area (Å²) in [5.74, 6) is 0.618. The molecule has 1 rings (SSSR count). The van der Waals surface area contributed by atoms with E-state index in [1.807, 2.05) is 0 Å². The van der Waals surface area contributed by atoms with Gasteiger partial charge in [-0.3, -0.25) is 4.79 Å². The van der Waals surface area contributed by atoms with E-state index in [0.29, 0.717) is 106 Å². The highest BCUT2D eigenvalue weighted by atomic mass is 16.6. The smallest absolute Gasteiger partial charge is 0.221 e. The van der Waals surface area contributed by atoms with Gasteiger partial charge in [0.25, 0.3) is 0 Å². The first-order valence-electron chi connectivity index (χ1n) is 13.8. The van der Waals surface area contributed by atoms with Gasteiger partial charge in [-0.1, -0.05) is 13.3 Å². The average Bonchev–Trinajstić information content (AvgIpc) is 2.93. The van der Waals surface area contributed by atoms with Crippen LogP contribution in [0.5, 0.6) is 5.75 Å². The average molecular weight is 560 g/mol. The molecule has 11 nitrogen and oxygen atoms in total. The fourth-order valence-electron chi connectivity index (χ4n) is 2.94. The number of benzene rings is 1. The Morgan fingerprint density at radius 1 is 0.538 bits per heavy atom. The molecule has 226 valence electrons. The van der Waals surface area contributed by atoms with Crippen molar-refractivity contribution in [1.29, 1.82) is 0 Å². The molecule has 0 radical (unpaired) electrons. The number of unbranched alkanes of at least 4 members (excludes halogenated alkanes) is 1. The van der Waals surface area contributed by atoms with E-state index in [9.17, 15) is 4.79 Å². The molecule has 1 aromatic carbocycles. The van der Waals surface area contributed by atoms with Crippen LogP contribution in [0.15, 0.2) is 24.3 Å². The zero-order chi connectivity index (χ0) is 28.1. The van der Waals surface area contributed by atoms with Gasteiger partial charge in [-0.25, -0.2) is 0 Å². The molecule has 0 unspecified atom stereocenters. The Balaban J connectivity index is 1.70. The molecule has 0 saturated heterocycles. The summed E-state index contributed by atoms with van der Waals surface area (Å²) < 4.78 is 49.2. The molecular weight excluding hydrogens is 510 g/mol. The monoisotopic (exact) mass is 559 g/mol.